The van der Waals surface area contributed by atoms with Gasteiger partial charge in [-0.05, 0) is 35.9 Å². The van der Waals surface area contributed by atoms with Crippen LogP contribution in [0.15, 0.2) is 55.1 Å². The van der Waals surface area contributed by atoms with Crippen LogP contribution in [0.4, 0.5) is 13.2 Å². The zero-order valence-electron chi connectivity index (χ0n) is 19.0. The van der Waals surface area contributed by atoms with Gasteiger partial charge in [-0.2, -0.15) is 13.2 Å². The molecule has 0 aliphatic carbocycles. The van der Waals surface area contributed by atoms with Crippen LogP contribution in [0.1, 0.15) is 10.4 Å². The van der Waals surface area contributed by atoms with Crippen LogP contribution in [-0.2, 0) is 0 Å². The fourth-order valence-corrected chi connectivity index (χ4v) is 3.61. The lowest BCUT2D eigenvalue weighted by Gasteiger charge is -2.16. The molecule has 0 bridgehead atoms. The van der Waals surface area contributed by atoms with Gasteiger partial charge in [0, 0.05) is 23.5 Å². The summed E-state index contributed by atoms with van der Waals surface area (Å²) in [7, 11) is 4.21. The van der Waals surface area contributed by atoms with E-state index in [1.54, 1.807) is 37.8 Å². The molecule has 0 fully saturated rings. The Bertz CT molecular complexity index is 1360. The fourth-order valence-electron chi connectivity index (χ4n) is 3.61. The summed E-state index contributed by atoms with van der Waals surface area (Å²) in [5.41, 5.74) is 3.50. The molecule has 1 amide bonds. The smallest absolute Gasteiger partial charge is 0.405 e. The summed E-state index contributed by atoms with van der Waals surface area (Å²) in [6, 6.07) is 8.74. The number of rotatable bonds is 7. The van der Waals surface area contributed by atoms with Crippen LogP contribution in [-0.4, -0.2) is 54.3 Å². The number of halogens is 3. The number of nitrogens with one attached hydrogen (secondary N) is 1. The highest BCUT2D eigenvalue weighted by atomic mass is 19.4. The number of hydrogen-bond donors (Lipinski definition) is 1. The number of methoxy groups -OCH3 is 3. The first kappa shape index (κ1) is 23.9. The van der Waals surface area contributed by atoms with Crippen LogP contribution in [0.3, 0.4) is 0 Å². The Morgan fingerprint density at radius 3 is 2.29 bits per heavy atom. The average molecular weight is 486 g/mol. The monoisotopic (exact) mass is 486 g/mol. The van der Waals surface area contributed by atoms with Crippen LogP contribution >= 0.6 is 0 Å². The van der Waals surface area contributed by atoms with Crippen molar-refractivity contribution in [1.82, 2.24) is 19.7 Å². The maximum absolute atomic E-state index is 12.6. The van der Waals surface area contributed by atoms with Gasteiger partial charge in [0.1, 0.15) is 35.0 Å². The van der Waals surface area contributed by atoms with E-state index in [4.69, 9.17) is 14.2 Å². The average Bonchev–Trinajstić information content (AvgIpc) is 3.29. The van der Waals surface area contributed by atoms with Crippen molar-refractivity contribution in [3.63, 3.8) is 0 Å². The summed E-state index contributed by atoms with van der Waals surface area (Å²) in [6.07, 6.45) is 2.25. The van der Waals surface area contributed by atoms with Gasteiger partial charge in [-0.3, -0.25) is 14.2 Å². The van der Waals surface area contributed by atoms with Gasteiger partial charge < -0.3 is 19.5 Å². The van der Waals surface area contributed by atoms with Crippen molar-refractivity contribution in [1.29, 1.82) is 0 Å². The van der Waals surface area contributed by atoms with Crippen molar-refractivity contribution in [2.45, 2.75) is 6.18 Å². The molecule has 1 aromatic carbocycles. The highest BCUT2D eigenvalue weighted by molar-refractivity contribution is 6.00. The molecule has 35 heavy (non-hydrogen) atoms. The number of fused-ring (bicyclic) bond motifs is 1. The first-order valence-corrected chi connectivity index (χ1v) is 10.3. The molecule has 0 aliphatic rings. The quantitative estimate of drug-likeness (QED) is 0.417. The minimum atomic E-state index is -4.55. The van der Waals surface area contributed by atoms with Gasteiger partial charge in [-0.15, -0.1) is 0 Å². The van der Waals surface area contributed by atoms with Crippen molar-refractivity contribution in [2.75, 3.05) is 27.9 Å². The summed E-state index contributed by atoms with van der Waals surface area (Å²) in [6.45, 7) is -1.47. The summed E-state index contributed by atoms with van der Waals surface area (Å²) < 4.78 is 55.4. The van der Waals surface area contributed by atoms with E-state index in [9.17, 15) is 18.0 Å². The third-order valence-corrected chi connectivity index (χ3v) is 5.27. The fraction of sp³-hybridized carbons (Fsp3) is 0.208. The van der Waals surface area contributed by atoms with E-state index in [0.717, 1.165) is 11.1 Å². The van der Waals surface area contributed by atoms with Crippen LogP contribution in [0, 0.1) is 0 Å². The lowest BCUT2D eigenvalue weighted by atomic mass is 10.1. The molecule has 3 heterocycles. The number of carbonyl (C=O) groups is 1. The number of hydrogen-bond acceptors (Lipinski definition) is 6. The predicted octanol–water partition coefficient (Wildman–Crippen LogP) is 4.38. The van der Waals surface area contributed by atoms with E-state index in [2.05, 4.69) is 9.97 Å². The zero-order chi connectivity index (χ0) is 25.2. The molecule has 0 spiro atoms. The van der Waals surface area contributed by atoms with Crippen molar-refractivity contribution >= 4 is 11.6 Å². The number of nitrogens with zero attached hydrogens (tertiary/aromatic N) is 3. The van der Waals surface area contributed by atoms with Gasteiger partial charge in [0.25, 0.3) is 5.91 Å². The second kappa shape index (κ2) is 9.53. The third kappa shape index (κ3) is 4.98. The molecule has 0 atom stereocenters. The van der Waals surface area contributed by atoms with Gasteiger partial charge in [0.15, 0.2) is 0 Å². The van der Waals surface area contributed by atoms with Crippen LogP contribution in [0.5, 0.6) is 17.2 Å². The first-order valence-electron chi connectivity index (χ1n) is 10.3. The maximum atomic E-state index is 12.6. The van der Waals surface area contributed by atoms with Gasteiger partial charge >= 0.3 is 6.18 Å². The van der Waals surface area contributed by atoms with Gasteiger partial charge in [0.2, 0.25) is 0 Å². The minimum Gasteiger partial charge on any atom is -0.496 e. The molecule has 8 nitrogen and oxygen atoms in total. The number of aromatic nitrogens is 3. The normalized spacial score (nSPS) is 11.4. The molecule has 0 saturated carbocycles. The largest absolute Gasteiger partial charge is 0.496 e. The van der Waals surface area contributed by atoms with Crippen molar-refractivity contribution in [3.8, 4) is 39.6 Å². The Balaban J connectivity index is 1.73. The van der Waals surface area contributed by atoms with Gasteiger partial charge in [0.05, 0.1) is 39.4 Å². The van der Waals surface area contributed by atoms with E-state index >= 15 is 0 Å². The van der Waals surface area contributed by atoms with Crippen molar-refractivity contribution < 1.29 is 32.2 Å². The minimum absolute atomic E-state index is 0.0630. The van der Waals surface area contributed by atoms with E-state index in [1.807, 2.05) is 34.1 Å². The first-order chi connectivity index (χ1) is 16.7. The van der Waals surface area contributed by atoms with E-state index in [-0.39, 0.29) is 17.1 Å². The summed E-state index contributed by atoms with van der Waals surface area (Å²) >= 11 is 0. The zero-order valence-corrected chi connectivity index (χ0v) is 19.0. The molecular formula is C24H21F3N4O4. The second-order valence-electron chi connectivity index (χ2n) is 7.45. The summed E-state index contributed by atoms with van der Waals surface area (Å²) in [5.74, 6) is -0.205. The molecule has 4 rings (SSSR count). The number of alkyl halides is 3. The van der Waals surface area contributed by atoms with E-state index in [0.29, 0.717) is 22.7 Å². The third-order valence-electron chi connectivity index (χ3n) is 5.27. The number of amides is 1. The Labute approximate surface area is 198 Å². The number of pyridine rings is 2. The van der Waals surface area contributed by atoms with Gasteiger partial charge in [-0.25, -0.2) is 4.98 Å². The summed E-state index contributed by atoms with van der Waals surface area (Å²) in [5, 5.41) is 1.85. The summed E-state index contributed by atoms with van der Waals surface area (Å²) in [4.78, 5) is 21.1. The Morgan fingerprint density at radius 1 is 0.943 bits per heavy atom. The molecule has 0 unspecified atom stereocenters. The van der Waals surface area contributed by atoms with E-state index in [1.165, 1.54) is 14.2 Å². The highest BCUT2D eigenvalue weighted by Crippen LogP contribution is 2.36. The van der Waals surface area contributed by atoms with Crippen LogP contribution in [0.2, 0.25) is 0 Å². The number of benzene rings is 1. The second-order valence-corrected chi connectivity index (χ2v) is 7.45. The molecule has 0 saturated heterocycles. The number of carbonyl (C=O) groups excluding carboxylic acids is 1. The molecule has 11 heteroatoms. The topological polar surface area (TPSA) is 87.0 Å². The number of imidazole rings is 1. The number of ether oxygens (including phenoxy) is 3. The lowest BCUT2D eigenvalue weighted by Crippen LogP contribution is -2.34. The predicted molar refractivity (Wildman–Crippen MR) is 122 cm³/mol. The molecule has 0 radical (unpaired) electrons. The molecular weight excluding hydrogens is 465 g/mol. The van der Waals surface area contributed by atoms with Crippen molar-refractivity contribution in [3.05, 3.63) is 60.7 Å². The Morgan fingerprint density at radius 2 is 1.66 bits per heavy atom. The van der Waals surface area contributed by atoms with E-state index < -0.39 is 18.6 Å². The Kier molecular flexibility index (Phi) is 6.50. The standard InChI is InChI=1S/C24H21F3N4O4/c1-33-17-6-16(10-28-11-17)14-4-5-31-18(12-29-21(31)9-14)15-7-19(34-2)22(20(8-15)35-3)23(32)30-13-24(25,26)27/h4-12H,13H2,1-3H3,(H,30,32). The van der Waals surface area contributed by atoms with Crippen LogP contribution < -0.4 is 19.5 Å². The molecule has 1 N–H and O–H groups in total. The maximum Gasteiger partial charge on any atom is 0.405 e. The van der Waals surface area contributed by atoms with Gasteiger partial charge in [-0.1, -0.05) is 0 Å². The van der Waals surface area contributed by atoms with Crippen LogP contribution in [0.25, 0.3) is 28.0 Å². The molecule has 3 aromatic heterocycles. The molecule has 4 aromatic rings. The molecule has 182 valence electrons. The lowest BCUT2D eigenvalue weighted by molar-refractivity contribution is -0.123. The Hall–Kier alpha value is -4.28. The highest BCUT2D eigenvalue weighted by Gasteiger charge is 2.30. The van der Waals surface area contributed by atoms with Crippen molar-refractivity contribution in [2.24, 2.45) is 0 Å². The molecule has 0 aliphatic heterocycles. The SMILES string of the molecule is COc1cncc(-c2ccn3c(-c4cc(OC)c(C(=O)NCC(F)(F)F)c(OC)c4)cnc3c2)c1.